The summed E-state index contributed by atoms with van der Waals surface area (Å²) < 4.78 is 42.0. The van der Waals surface area contributed by atoms with E-state index in [1.807, 2.05) is 0 Å². The second kappa shape index (κ2) is 8.12. The van der Waals surface area contributed by atoms with Gasteiger partial charge in [-0.25, -0.2) is 12.8 Å². The van der Waals surface area contributed by atoms with Crippen LogP contribution >= 0.6 is 15.9 Å². The third-order valence-electron chi connectivity index (χ3n) is 3.92. The number of aryl methyl sites for hydroxylation is 1. The highest BCUT2D eigenvalue weighted by Gasteiger charge is 2.19. The highest BCUT2D eigenvalue weighted by molar-refractivity contribution is 9.10. The average molecular weight is 463 g/mol. The molecule has 0 aromatic heterocycles. The second-order valence-corrected chi connectivity index (χ2v) is 8.62. The lowest BCUT2D eigenvalue weighted by Gasteiger charge is -2.12. The number of anilines is 2. The molecule has 8 heteroatoms. The van der Waals surface area contributed by atoms with E-state index < -0.39 is 21.7 Å². The van der Waals surface area contributed by atoms with Gasteiger partial charge in [-0.05, 0) is 67.1 Å². The van der Waals surface area contributed by atoms with Crippen molar-refractivity contribution in [2.45, 2.75) is 11.8 Å². The summed E-state index contributed by atoms with van der Waals surface area (Å²) in [7, 11) is -4.00. The number of hydrogen-bond acceptors (Lipinski definition) is 3. The van der Waals surface area contributed by atoms with Crippen LogP contribution in [0, 0.1) is 12.7 Å². The summed E-state index contributed by atoms with van der Waals surface area (Å²) in [5, 5.41) is 2.72. The molecule has 0 spiro atoms. The van der Waals surface area contributed by atoms with Crippen molar-refractivity contribution >= 4 is 43.2 Å². The maximum Gasteiger partial charge on any atom is 0.262 e. The van der Waals surface area contributed by atoms with Crippen LogP contribution < -0.4 is 10.0 Å². The van der Waals surface area contributed by atoms with Crippen molar-refractivity contribution in [3.8, 4) is 0 Å². The molecule has 0 aliphatic rings. The fourth-order valence-corrected chi connectivity index (χ4v) is 4.12. The summed E-state index contributed by atoms with van der Waals surface area (Å²) in [4.78, 5) is 12.4. The summed E-state index contributed by atoms with van der Waals surface area (Å²) >= 11 is 3.32. The Morgan fingerprint density at radius 1 is 0.964 bits per heavy atom. The van der Waals surface area contributed by atoms with Crippen molar-refractivity contribution in [2.24, 2.45) is 0 Å². The zero-order chi connectivity index (χ0) is 20.3. The van der Waals surface area contributed by atoms with Crippen LogP contribution in [-0.2, 0) is 10.0 Å². The van der Waals surface area contributed by atoms with Gasteiger partial charge in [0.15, 0.2) is 0 Å². The molecule has 0 aliphatic carbocycles. The molecule has 0 radical (unpaired) electrons. The van der Waals surface area contributed by atoms with Crippen LogP contribution in [0.3, 0.4) is 0 Å². The minimum Gasteiger partial charge on any atom is -0.322 e. The summed E-state index contributed by atoms with van der Waals surface area (Å²) in [6.45, 7) is 1.62. The van der Waals surface area contributed by atoms with Crippen molar-refractivity contribution in [3.05, 3.63) is 88.1 Å². The zero-order valence-electron chi connectivity index (χ0n) is 14.7. The van der Waals surface area contributed by atoms with E-state index in [1.165, 1.54) is 24.3 Å². The SMILES string of the molecule is Cc1ccc(C(=O)Nc2ccc(Br)cc2)cc1S(=O)(=O)Nc1cccc(F)c1. The number of rotatable bonds is 5. The highest BCUT2D eigenvalue weighted by atomic mass is 79.9. The van der Waals surface area contributed by atoms with Crippen LogP contribution in [0.2, 0.25) is 0 Å². The molecular weight excluding hydrogens is 447 g/mol. The number of carbonyl (C=O) groups excluding carboxylic acids is 1. The predicted octanol–water partition coefficient (Wildman–Crippen LogP) is 4.95. The molecule has 1 amide bonds. The Morgan fingerprint density at radius 3 is 2.36 bits per heavy atom. The zero-order valence-corrected chi connectivity index (χ0v) is 17.1. The van der Waals surface area contributed by atoms with Crippen LogP contribution in [-0.4, -0.2) is 14.3 Å². The maximum absolute atomic E-state index is 13.3. The number of carbonyl (C=O) groups is 1. The van der Waals surface area contributed by atoms with Crippen molar-refractivity contribution in [3.63, 3.8) is 0 Å². The van der Waals surface area contributed by atoms with E-state index >= 15 is 0 Å². The quantitative estimate of drug-likeness (QED) is 0.563. The smallest absolute Gasteiger partial charge is 0.262 e. The first-order valence-electron chi connectivity index (χ1n) is 8.20. The first-order valence-corrected chi connectivity index (χ1v) is 10.5. The van der Waals surface area contributed by atoms with Crippen LogP contribution in [0.5, 0.6) is 0 Å². The molecule has 0 saturated heterocycles. The van der Waals surface area contributed by atoms with Gasteiger partial charge in [0.1, 0.15) is 5.82 Å². The second-order valence-electron chi connectivity index (χ2n) is 6.06. The monoisotopic (exact) mass is 462 g/mol. The van der Waals surface area contributed by atoms with E-state index in [0.29, 0.717) is 11.3 Å². The van der Waals surface area contributed by atoms with E-state index in [9.17, 15) is 17.6 Å². The summed E-state index contributed by atoms with van der Waals surface area (Å²) in [5.74, 6) is -0.996. The Hall–Kier alpha value is -2.71. The fourth-order valence-electron chi connectivity index (χ4n) is 2.53. The van der Waals surface area contributed by atoms with Crippen molar-refractivity contribution < 1.29 is 17.6 Å². The van der Waals surface area contributed by atoms with Gasteiger partial charge in [-0.2, -0.15) is 0 Å². The van der Waals surface area contributed by atoms with Crippen LogP contribution in [0.1, 0.15) is 15.9 Å². The van der Waals surface area contributed by atoms with E-state index in [2.05, 4.69) is 26.0 Å². The first kappa shape index (κ1) is 20.0. The Balaban J connectivity index is 1.87. The molecule has 0 unspecified atom stereocenters. The van der Waals surface area contributed by atoms with Crippen molar-refractivity contribution in [2.75, 3.05) is 10.0 Å². The molecule has 0 aliphatic heterocycles. The molecule has 3 rings (SSSR count). The van der Waals surface area contributed by atoms with Gasteiger partial charge in [0.25, 0.3) is 15.9 Å². The molecule has 28 heavy (non-hydrogen) atoms. The third kappa shape index (κ3) is 4.76. The number of benzene rings is 3. The molecule has 3 aromatic rings. The van der Waals surface area contributed by atoms with Crippen LogP contribution in [0.15, 0.2) is 76.1 Å². The maximum atomic E-state index is 13.3. The van der Waals surface area contributed by atoms with Gasteiger partial charge in [-0.1, -0.05) is 28.1 Å². The number of nitrogens with one attached hydrogen (secondary N) is 2. The molecule has 0 fully saturated rings. The summed E-state index contributed by atoms with van der Waals surface area (Å²) in [6.07, 6.45) is 0. The number of hydrogen-bond donors (Lipinski definition) is 2. The van der Waals surface area contributed by atoms with Gasteiger partial charge in [0.2, 0.25) is 0 Å². The Bertz CT molecular complexity index is 1130. The number of halogens is 2. The minimum absolute atomic E-state index is 0.0554. The van der Waals surface area contributed by atoms with Gasteiger partial charge < -0.3 is 5.32 Å². The minimum atomic E-state index is -4.00. The summed E-state index contributed by atoms with van der Waals surface area (Å²) in [6, 6.07) is 16.5. The van der Waals surface area contributed by atoms with Crippen molar-refractivity contribution in [1.82, 2.24) is 0 Å². The van der Waals surface area contributed by atoms with E-state index in [4.69, 9.17) is 0 Å². The lowest BCUT2D eigenvalue weighted by molar-refractivity contribution is 0.102. The molecule has 0 heterocycles. The third-order valence-corrected chi connectivity index (χ3v) is 5.97. The van der Waals surface area contributed by atoms with E-state index in [0.717, 1.165) is 10.5 Å². The van der Waals surface area contributed by atoms with Gasteiger partial charge in [-0.3, -0.25) is 9.52 Å². The molecule has 0 bridgehead atoms. The average Bonchev–Trinajstić information content (AvgIpc) is 2.63. The first-order chi connectivity index (χ1) is 13.2. The van der Waals surface area contributed by atoms with Crippen molar-refractivity contribution in [1.29, 1.82) is 0 Å². The standard InChI is InChI=1S/C20H16BrFN2O3S/c1-13-5-6-14(20(25)23-17-9-7-15(21)8-10-17)11-19(13)28(26,27)24-18-4-2-3-16(22)12-18/h2-12,24H,1H3,(H,23,25). The van der Waals surface area contributed by atoms with E-state index in [-0.39, 0.29) is 16.1 Å². The molecular formula is C20H16BrFN2O3S. The Kier molecular flexibility index (Phi) is 5.81. The molecule has 0 atom stereocenters. The van der Waals surface area contributed by atoms with Gasteiger partial charge in [0.05, 0.1) is 10.6 Å². The molecule has 0 saturated carbocycles. The Labute approximate surface area is 170 Å². The van der Waals surface area contributed by atoms with Gasteiger partial charge in [0, 0.05) is 15.7 Å². The largest absolute Gasteiger partial charge is 0.322 e. The van der Waals surface area contributed by atoms with Gasteiger partial charge in [-0.15, -0.1) is 0 Å². The molecule has 2 N–H and O–H groups in total. The molecule has 5 nitrogen and oxygen atoms in total. The summed E-state index contributed by atoms with van der Waals surface area (Å²) in [5.41, 5.74) is 1.33. The van der Waals surface area contributed by atoms with Crippen LogP contribution in [0.25, 0.3) is 0 Å². The number of amides is 1. The van der Waals surface area contributed by atoms with Gasteiger partial charge >= 0.3 is 0 Å². The predicted molar refractivity (Wildman–Crippen MR) is 110 cm³/mol. The lowest BCUT2D eigenvalue weighted by atomic mass is 10.1. The Morgan fingerprint density at radius 2 is 1.68 bits per heavy atom. The lowest BCUT2D eigenvalue weighted by Crippen LogP contribution is -2.17. The molecule has 3 aromatic carbocycles. The highest BCUT2D eigenvalue weighted by Crippen LogP contribution is 2.22. The molecule has 144 valence electrons. The van der Waals surface area contributed by atoms with Crippen LogP contribution in [0.4, 0.5) is 15.8 Å². The topological polar surface area (TPSA) is 75.3 Å². The normalized spacial score (nSPS) is 11.1. The number of sulfonamides is 1. The fraction of sp³-hybridized carbons (Fsp3) is 0.0500. The van der Waals surface area contributed by atoms with E-state index in [1.54, 1.807) is 43.3 Å².